The molecule has 0 N–H and O–H groups in total. The number of imidazole rings is 1. The smallest absolute Gasteiger partial charge is 0.168 e. The largest absolute Gasteiger partial charge is 0.364 e. The van der Waals surface area contributed by atoms with Crippen molar-refractivity contribution in [2.75, 3.05) is 24.5 Å². The number of thioether (sulfide) groups is 1. The number of unbranched alkanes of at least 4 members (excludes halogenated alkanes) is 3. The van der Waals surface area contributed by atoms with Crippen LogP contribution in [-0.4, -0.2) is 49.1 Å². The molecule has 0 unspecified atom stereocenters. The highest BCUT2D eigenvalue weighted by molar-refractivity contribution is 7.99. The Kier molecular flexibility index (Phi) is 7.27. The molecule has 34 heavy (non-hydrogen) atoms. The van der Waals surface area contributed by atoms with E-state index in [2.05, 4.69) is 59.5 Å². The molecule has 0 bridgehead atoms. The van der Waals surface area contributed by atoms with Gasteiger partial charge in [-0.25, -0.2) is 24.9 Å². The van der Waals surface area contributed by atoms with Gasteiger partial charge in [0.1, 0.15) is 28.6 Å². The van der Waals surface area contributed by atoms with Crippen molar-refractivity contribution in [3.05, 3.63) is 48.8 Å². The highest BCUT2D eigenvalue weighted by atomic mass is 32.2. The van der Waals surface area contributed by atoms with Crippen molar-refractivity contribution in [1.82, 2.24) is 29.5 Å². The zero-order valence-corrected chi connectivity index (χ0v) is 21.0. The summed E-state index contributed by atoms with van der Waals surface area (Å²) in [6.07, 6.45) is 11.9. The van der Waals surface area contributed by atoms with Crippen LogP contribution in [0.3, 0.4) is 0 Å². The van der Waals surface area contributed by atoms with Crippen molar-refractivity contribution in [1.29, 1.82) is 0 Å². The summed E-state index contributed by atoms with van der Waals surface area (Å²) in [5.41, 5.74) is 3.96. The third kappa shape index (κ3) is 4.75. The lowest BCUT2D eigenvalue weighted by Gasteiger charge is -2.30. The quantitative estimate of drug-likeness (QED) is 0.160. The Morgan fingerprint density at radius 2 is 1.94 bits per heavy atom. The number of rotatable bonds is 10. The van der Waals surface area contributed by atoms with Gasteiger partial charge in [-0.2, -0.15) is 0 Å². The number of benzene rings is 1. The minimum absolute atomic E-state index is 0.406. The maximum absolute atomic E-state index is 5.48. The average Bonchev–Trinajstić information content (AvgIpc) is 3.27. The van der Waals surface area contributed by atoms with Crippen molar-refractivity contribution >= 4 is 46.2 Å². The monoisotopic (exact) mass is 493 g/mol. The molecule has 0 atom stereocenters. The molecule has 8 nitrogen and oxygen atoms in total. The number of ether oxygens (including phenoxy) is 1. The predicted molar refractivity (Wildman–Crippen MR) is 136 cm³/mol. The molecule has 0 fully saturated rings. The lowest BCUT2D eigenvalue weighted by Crippen LogP contribution is -2.24. The Hall–Kier alpha value is -2.69. The Balaban J connectivity index is 1.38. The fraction of sp³-hybridized carbons (Fsp3) is 0.375. The van der Waals surface area contributed by atoms with Crippen molar-refractivity contribution in [2.45, 2.75) is 54.1 Å². The van der Waals surface area contributed by atoms with Gasteiger partial charge >= 0.3 is 0 Å². The van der Waals surface area contributed by atoms with Crippen LogP contribution >= 0.6 is 23.5 Å². The van der Waals surface area contributed by atoms with Crippen LogP contribution in [0.5, 0.6) is 0 Å². The number of fused-ring (bicyclic) bond motifs is 3. The third-order valence-corrected chi connectivity index (χ3v) is 7.75. The number of nitrogens with zero attached hydrogens (tertiary/aromatic N) is 7. The standard InChI is InChI=1S/C24H27N7OS2/c1-3-4-5-6-11-33-23-20-21(27-14-28-23)30(15-29-20)13-17-7-8-19-18(12-17)31(16-32-2)22-24(34-19)26-10-9-25-22/h7-10,12,14-15H,3-6,11,13,16H2,1-2H3. The fourth-order valence-corrected chi connectivity index (χ4v) is 5.92. The second-order valence-corrected chi connectivity index (χ2v) is 10.2. The molecule has 1 aliphatic rings. The van der Waals surface area contributed by atoms with E-state index in [1.807, 2.05) is 6.33 Å². The SMILES string of the molecule is CCCCCCSc1ncnc2c1ncn2Cc1ccc2c(c1)N(COC)c1nccnc1S2. The first-order valence-corrected chi connectivity index (χ1v) is 13.3. The lowest BCUT2D eigenvalue weighted by atomic mass is 10.2. The first-order chi connectivity index (χ1) is 16.8. The van der Waals surface area contributed by atoms with Crippen LogP contribution in [0.2, 0.25) is 0 Å². The highest BCUT2D eigenvalue weighted by Crippen LogP contribution is 2.46. The molecule has 1 aliphatic heterocycles. The molecule has 0 radical (unpaired) electrons. The van der Waals surface area contributed by atoms with Crippen molar-refractivity contribution < 1.29 is 4.74 Å². The summed E-state index contributed by atoms with van der Waals surface area (Å²) in [5, 5.41) is 1.85. The molecule has 10 heteroatoms. The lowest BCUT2D eigenvalue weighted by molar-refractivity contribution is 0.204. The molecule has 0 saturated carbocycles. The van der Waals surface area contributed by atoms with Gasteiger partial charge in [-0.1, -0.05) is 44.0 Å². The number of anilines is 2. The van der Waals surface area contributed by atoms with Crippen molar-refractivity contribution in [3.63, 3.8) is 0 Å². The van der Waals surface area contributed by atoms with Gasteiger partial charge in [-0.05, 0) is 29.9 Å². The Bertz CT molecular complexity index is 1280. The second kappa shape index (κ2) is 10.7. The maximum Gasteiger partial charge on any atom is 0.168 e. The maximum atomic E-state index is 5.48. The van der Waals surface area contributed by atoms with Gasteiger partial charge in [0.25, 0.3) is 0 Å². The minimum atomic E-state index is 0.406. The Labute approximate surface area is 207 Å². The van der Waals surface area contributed by atoms with E-state index in [1.165, 1.54) is 25.7 Å². The molecular formula is C24H27N7OS2. The summed E-state index contributed by atoms with van der Waals surface area (Å²) in [7, 11) is 1.69. The summed E-state index contributed by atoms with van der Waals surface area (Å²) in [6, 6.07) is 6.48. The molecule has 3 aromatic heterocycles. The van der Waals surface area contributed by atoms with E-state index in [0.29, 0.717) is 13.3 Å². The zero-order valence-electron chi connectivity index (χ0n) is 19.3. The van der Waals surface area contributed by atoms with E-state index in [4.69, 9.17) is 4.74 Å². The molecule has 5 rings (SSSR count). The first kappa shape index (κ1) is 23.1. The Morgan fingerprint density at radius 3 is 2.82 bits per heavy atom. The summed E-state index contributed by atoms with van der Waals surface area (Å²) >= 11 is 3.41. The first-order valence-electron chi connectivity index (χ1n) is 11.5. The number of methoxy groups -OCH3 is 1. The number of hydrogen-bond acceptors (Lipinski definition) is 9. The van der Waals surface area contributed by atoms with E-state index >= 15 is 0 Å². The Morgan fingerprint density at radius 1 is 1.03 bits per heavy atom. The van der Waals surface area contributed by atoms with E-state index in [9.17, 15) is 0 Å². The topological polar surface area (TPSA) is 81.9 Å². The zero-order chi connectivity index (χ0) is 23.3. The van der Waals surface area contributed by atoms with Crippen LogP contribution < -0.4 is 4.90 Å². The van der Waals surface area contributed by atoms with Gasteiger partial charge in [-0.15, -0.1) is 11.8 Å². The molecule has 1 aromatic carbocycles. The fourth-order valence-electron chi connectivity index (χ4n) is 3.99. The molecule has 4 heterocycles. The normalized spacial score (nSPS) is 12.7. The van der Waals surface area contributed by atoms with Gasteiger partial charge in [0.05, 0.1) is 18.6 Å². The third-order valence-electron chi connectivity index (χ3n) is 5.64. The molecular weight excluding hydrogens is 466 g/mol. The van der Waals surface area contributed by atoms with Crippen LogP contribution in [-0.2, 0) is 11.3 Å². The van der Waals surface area contributed by atoms with Gasteiger partial charge in [0.15, 0.2) is 11.5 Å². The summed E-state index contributed by atoms with van der Waals surface area (Å²) in [6.45, 7) is 3.31. The minimum Gasteiger partial charge on any atom is -0.364 e. The van der Waals surface area contributed by atoms with Crippen LogP contribution in [0, 0.1) is 0 Å². The molecule has 0 saturated heterocycles. The molecule has 176 valence electrons. The van der Waals surface area contributed by atoms with Gasteiger partial charge in [-0.3, -0.25) is 4.90 Å². The van der Waals surface area contributed by atoms with E-state index < -0.39 is 0 Å². The van der Waals surface area contributed by atoms with Crippen LogP contribution in [0.4, 0.5) is 11.5 Å². The second-order valence-electron chi connectivity index (χ2n) is 8.07. The van der Waals surface area contributed by atoms with Gasteiger partial charge < -0.3 is 9.30 Å². The molecule has 0 spiro atoms. The van der Waals surface area contributed by atoms with Crippen molar-refractivity contribution in [3.8, 4) is 0 Å². The van der Waals surface area contributed by atoms with Gasteiger partial charge in [0.2, 0.25) is 0 Å². The summed E-state index contributed by atoms with van der Waals surface area (Å²) < 4.78 is 7.57. The molecule has 4 aromatic rings. The molecule has 0 amide bonds. The van der Waals surface area contributed by atoms with Crippen LogP contribution in [0.25, 0.3) is 11.2 Å². The van der Waals surface area contributed by atoms with Crippen LogP contribution in [0.15, 0.2) is 58.2 Å². The summed E-state index contributed by atoms with van der Waals surface area (Å²) in [4.78, 5) is 25.9. The van der Waals surface area contributed by atoms with Crippen LogP contribution in [0.1, 0.15) is 38.2 Å². The summed E-state index contributed by atoms with van der Waals surface area (Å²) in [5.74, 6) is 1.88. The highest BCUT2D eigenvalue weighted by Gasteiger charge is 2.26. The van der Waals surface area contributed by atoms with Gasteiger partial charge in [0, 0.05) is 24.4 Å². The number of aromatic nitrogens is 6. The van der Waals surface area contributed by atoms with E-state index in [1.54, 1.807) is 49.4 Å². The van der Waals surface area contributed by atoms with E-state index in [0.717, 1.165) is 48.9 Å². The molecule has 0 aliphatic carbocycles. The number of hydrogen-bond donors (Lipinski definition) is 0. The average molecular weight is 494 g/mol. The van der Waals surface area contributed by atoms with E-state index in [-0.39, 0.29) is 0 Å². The predicted octanol–water partition coefficient (Wildman–Crippen LogP) is 5.54. The van der Waals surface area contributed by atoms with Crippen molar-refractivity contribution in [2.24, 2.45) is 0 Å².